The van der Waals surface area contributed by atoms with Crippen LogP contribution in [0.15, 0.2) is 12.3 Å². The number of urea groups is 1. The number of carbonyl (C=O) groups is 1. The maximum absolute atomic E-state index is 12.1. The summed E-state index contributed by atoms with van der Waals surface area (Å²) in [5.41, 5.74) is 0. The Morgan fingerprint density at radius 3 is 2.73 bits per heavy atom. The Morgan fingerprint density at radius 2 is 2.05 bits per heavy atom. The molecule has 0 bridgehead atoms. The summed E-state index contributed by atoms with van der Waals surface area (Å²) in [6.07, 6.45) is 7.45. The van der Waals surface area contributed by atoms with Gasteiger partial charge in [0.05, 0.1) is 10.0 Å². The minimum Gasteiger partial charge on any atom is -0.367 e. The third-order valence-electron chi connectivity index (χ3n) is 3.94. The van der Waals surface area contributed by atoms with Crippen molar-refractivity contribution in [1.82, 2.24) is 15.2 Å². The van der Waals surface area contributed by atoms with E-state index in [1.165, 1.54) is 25.5 Å². The number of carbonyl (C=O) groups excluding carboxylic acids is 1. The molecular weight excluding hydrogens is 323 g/mol. The summed E-state index contributed by atoms with van der Waals surface area (Å²) in [4.78, 5) is 18.0. The van der Waals surface area contributed by atoms with Crippen molar-refractivity contribution in [3.8, 4) is 0 Å². The number of pyridine rings is 1. The first-order chi connectivity index (χ1) is 10.6. The zero-order valence-electron chi connectivity index (χ0n) is 12.7. The van der Waals surface area contributed by atoms with Gasteiger partial charge in [0.25, 0.3) is 0 Å². The Hall–Kier alpha value is -1.20. The molecule has 1 saturated carbocycles. The quantitative estimate of drug-likeness (QED) is 0.799. The lowest BCUT2D eigenvalue weighted by Gasteiger charge is -2.31. The molecule has 1 aliphatic rings. The Labute approximate surface area is 141 Å². The normalized spacial score (nSPS) is 15.4. The van der Waals surface area contributed by atoms with Gasteiger partial charge in [-0.15, -0.1) is 0 Å². The molecule has 1 fully saturated rings. The second kappa shape index (κ2) is 8.44. The number of nitrogens with zero attached hydrogens (tertiary/aromatic N) is 2. The van der Waals surface area contributed by atoms with Gasteiger partial charge in [0.1, 0.15) is 5.82 Å². The first-order valence-corrected chi connectivity index (χ1v) is 8.39. The standard InChI is InChI=1S/C15H22Cl2N4O/c1-21(12-5-3-2-4-6-12)15(22)19-8-7-18-14-13(17)9-11(16)10-20-14/h9-10,12H,2-8H2,1H3,(H,18,20)(H,19,22). The molecule has 2 rings (SSSR count). The molecular formula is C15H22Cl2N4O. The van der Waals surface area contributed by atoms with Gasteiger partial charge in [-0.25, -0.2) is 9.78 Å². The molecule has 1 heterocycles. The predicted octanol–water partition coefficient (Wildman–Crippen LogP) is 3.77. The van der Waals surface area contributed by atoms with E-state index in [0.717, 1.165) is 12.8 Å². The second-order valence-electron chi connectivity index (χ2n) is 5.55. The van der Waals surface area contributed by atoms with Crippen LogP contribution in [0.5, 0.6) is 0 Å². The average molecular weight is 345 g/mol. The number of hydrogen-bond donors (Lipinski definition) is 2. The lowest BCUT2D eigenvalue weighted by Crippen LogP contribution is -2.45. The summed E-state index contributed by atoms with van der Waals surface area (Å²) in [6.45, 7) is 1.06. The molecule has 22 heavy (non-hydrogen) atoms. The first kappa shape index (κ1) is 17.2. The van der Waals surface area contributed by atoms with Crippen LogP contribution in [0, 0.1) is 0 Å². The van der Waals surface area contributed by atoms with Crippen molar-refractivity contribution in [2.24, 2.45) is 0 Å². The highest BCUT2D eigenvalue weighted by Crippen LogP contribution is 2.22. The molecule has 5 nitrogen and oxygen atoms in total. The van der Waals surface area contributed by atoms with Crippen LogP contribution < -0.4 is 10.6 Å². The van der Waals surface area contributed by atoms with Crippen molar-refractivity contribution in [3.05, 3.63) is 22.3 Å². The van der Waals surface area contributed by atoms with Crippen LogP contribution >= 0.6 is 23.2 Å². The molecule has 1 aliphatic carbocycles. The van der Waals surface area contributed by atoms with Gasteiger partial charge in [-0.05, 0) is 18.9 Å². The number of nitrogens with one attached hydrogen (secondary N) is 2. The van der Waals surface area contributed by atoms with Gasteiger partial charge in [0.2, 0.25) is 0 Å². The highest BCUT2D eigenvalue weighted by Gasteiger charge is 2.21. The number of anilines is 1. The van der Waals surface area contributed by atoms with Crippen molar-refractivity contribution in [1.29, 1.82) is 0 Å². The van der Waals surface area contributed by atoms with Gasteiger partial charge in [-0.2, -0.15) is 0 Å². The monoisotopic (exact) mass is 344 g/mol. The SMILES string of the molecule is CN(C(=O)NCCNc1ncc(Cl)cc1Cl)C1CCCCC1. The molecule has 0 atom stereocenters. The molecule has 0 saturated heterocycles. The van der Waals surface area contributed by atoms with Crippen molar-refractivity contribution < 1.29 is 4.79 Å². The zero-order chi connectivity index (χ0) is 15.9. The van der Waals surface area contributed by atoms with Gasteiger partial charge in [0.15, 0.2) is 0 Å². The Morgan fingerprint density at radius 1 is 1.32 bits per heavy atom. The summed E-state index contributed by atoms with van der Waals surface area (Å²) < 4.78 is 0. The maximum Gasteiger partial charge on any atom is 0.317 e. The van der Waals surface area contributed by atoms with Gasteiger partial charge in [-0.3, -0.25) is 0 Å². The summed E-state index contributed by atoms with van der Waals surface area (Å²) in [5.74, 6) is 0.570. The van der Waals surface area contributed by atoms with Crippen LogP contribution in [0.2, 0.25) is 10.0 Å². The highest BCUT2D eigenvalue weighted by atomic mass is 35.5. The molecule has 0 aliphatic heterocycles. The number of aromatic nitrogens is 1. The largest absolute Gasteiger partial charge is 0.367 e. The Bertz CT molecular complexity index is 506. The van der Waals surface area contributed by atoms with E-state index in [2.05, 4.69) is 15.6 Å². The lowest BCUT2D eigenvalue weighted by atomic mass is 9.95. The molecule has 0 spiro atoms. The summed E-state index contributed by atoms with van der Waals surface area (Å²) in [5, 5.41) is 6.96. The molecule has 1 aromatic rings. The average Bonchev–Trinajstić information content (AvgIpc) is 2.53. The number of halogens is 2. The minimum absolute atomic E-state index is 0.0242. The fourth-order valence-corrected chi connectivity index (χ4v) is 3.10. The van der Waals surface area contributed by atoms with Crippen molar-refractivity contribution in [2.75, 3.05) is 25.5 Å². The van der Waals surface area contributed by atoms with Crippen LogP contribution in [-0.2, 0) is 0 Å². The van der Waals surface area contributed by atoms with Crippen molar-refractivity contribution >= 4 is 35.1 Å². The van der Waals surface area contributed by atoms with Crippen LogP contribution in [0.1, 0.15) is 32.1 Å². The molecule has 7 heteroatoms. The molecule has 122 valence electrons. The van der Waals surface area contributed by atoms with Crippen molar-refractivity contribution in [2.45, 2.75) is 38.1 Å². The van der Waals surface area contributed by atoms with Gasteiger partial charge < -0.3 is 15.5 Å². The fourth-order valence-electron chi connectivity index (χ4n) is 2.65. The van der Waals surface area contributed by atoms with Crippen LogP contribution in [0.3, 0.4) is 0 Å². The molecule has 0 unspecified atom stereocenters. The number of hydrogen-bond acceptors (Lipinski definition) is 3. The van der Waals surface area contributed by atoms with Crippen LogP contribution in [0.4, 0.5) is 10.6 Å². The number of amides is 2. The molecule has 0 radical (unpaired) electrons. The first-order valence-electron chi connectivity index (χ1n) is 7.63. The third-order valence-corrected chi connectivity index (χ3v) is 4.44. The molecule has 2 N–H and O–H groups in total. The van der Waals surface area contributed by atoms with E-state index in [4.69, 9.17) is 23.2 Å². The summed E-state index contributed by atoms with van der Waals surface area (Å²) in [6, 6.07) is 1.98. The highest BCUT2D eigenvalue weighted by molar-refractivity contribution is 6.35. The van der Waals surface area contributed by atoms with E-state index in [1.54, 1.807) is 6.07 Å². The fraction of sp³-hybridized carbons (Fsp3) is 0.600. The van der Waals surface area contributed by atoms with E-state index in [-0.39, 0.29) is 6.03 Å². The van der Waals surface area contributed by atoms with Crippen LogP contribution in [0.25, 0.3) is 0 Å². The van der Waals surface area contributed by atoms with Gasteiger partial charge in [-0.1, -0.05) is 42.5 Å². The Kier molecular flexibility index (Phi) is 6.58. The summed E-state index contributed by atoms with van der Waals surface area (Å²) >= 11 is 11.8. The van der Waals surface area contributed by atoms with E-state index in [1.807, 2.05) is 11.9 Å². The molecule has 0 aromatic carbocycles. The summed E-state index contributed by atoms with van der Waals surface area (Å²) in [7, 11) is 1.87. The topological polar surface area (TPSA) is 57.3 Å². The molecule has 1 aromatic heterocycles. The van der Waals surface area contributed by atoms with Crippen LogP contribution in [-0.4, -0.2) is 42.1 Å². The second-order valence-corrected chi connectivity index (χ2v) is 6.39. The maximum atomic E-state index is 12.1. The smallest absolute Gasteiger partial charge is 0.317 e. The zero-order valence-corrected chi connectivity index (χ0v) is 14.3. The van der Waals surface area contributed by atoms with Crippen molar-refractivity contribution in [3.63, 3.8) is 0 Å². The minimum atomic E-state index is -0.0242. The van der Waals surface area contributed by atoms with E-state index in [0.29, 0.717) is 35.0 Å². The van der Waals surface area contributed by atoms with Gasteiger partial charge >= 0.3 is 6.03 Å². The van der Waals surface area contributed by atoms with E-state index in [9.17, 15) is 4.79 Å². The molecule has 2 amide bonds. The van der Waals surface area contributed by atoms with E-state index < -0.39 is 0 Å². The number of rotatable bonds is 5. The predicted molar refractivity (Wildman–Crippen MR) is 90.8 cm³/mol. The Balaban J connectivity index is 1.70. The lowest BCUT2D eigenvalue weighted by molar-refractivity contribution is 0.174. The third kappa shape index (κ3) is 4.92. The van der Waals surface area contributed by atoms with Gasteiger partial charge in [0, 0.05) is 32.4 Å². The van der Waals surface area contributed by atoms with E-state index >= 15 is 0 Å².